The van der Waals surface area contributed by atoms with Gasteiger partial charge in [-0.2, -0.15) is 5.10 Å². The number of thiocarbonyl (C=S) groups is 1. The topological polar surface area (TPSA) is 86.6 Å². The maximum atomic E-state index is 10.4. The van der Waals surface area contributed by atoms with Gasteiger partial charge in [-0.25, -0.2) is 5.01 Å². The van der Waals surface area contributed by atoms with Crippen LogP contribution in [0.3, 0.4) is 0 Å². The molecule has 0 unspecified atom stereocenters. The van der Waals surface area contributed by atoms with Crippen molar-refractivity contribution in [2.24, 2.45) is 5.10 Å². The van der Waals surface area contributed by atoms with E-state index in [0.29, 0.717) is 40.0 Å². The molecule has 164 valence electrons. The number of methoxy groups -OCH3 is 2. The quantitative estimate of drug-likeness (QED) is 0.488. The fourth-order valence-electron chi connectivity index (χ4n) is 3.66. The zero-order valence-electron chi connectivity index (χ0n) is 17.6. The summed E-state index contributed by atoms with van der Waals surface area (Å²) >= 11 is 5.71. The summed E-state index contributed by atoms with van der Waals surface area (Å²) in [6.07, 6.45) is 0.499. The molecule has 0 saturated heterocycles. The van der Waals surface area contributed by atoms with Crippen molar-refractivity contribution in [2.75, 3.05) is 19.5 Å². The van der Waals surface area contributed by atoms with Gasteiger partial charge in [-0.15, -0.1) is 0 Å². The molecule has 1 heterocycles. The molecule has 0 aliphatic carbocycles. The number of ether oxygens (including phenoxy) is 2. The van der Waals surface area contributed by atoms with Gasteiger partial charge in [0.25, 0.3) is 0 Å². The van der Waals surface area contributed by atoms with Crippen LogP contribution in [0, 0.1) is 0 Å². The third kappa shape index (κ3) is 4.17. The van der Waals surface area contributed by atoms with E-state index in [4.69, 9.17) is 26.8 Å². The van der Waals surface area contributed by atoms with Crippen LogP contribution >= 0.6 is 12.2 Å². The van der Waals surface area contributed by atoms with Crippen molar-refractivity contribution in [1.29, 1.82) is 0 Å². The van der Waals surface area contributed by atoms with E-state index in [-0.39, 0.29) is 17.5 Å². The lowest BCUT2D eigenvalue weighted by Gasteiger charge is -2.25. The predicted molar refractivity (Wildman–Crippen MR) is 128 cm³/mol. The highest BCUT2D eigenvalue weighted by Gasteiger charge is 2.33. The minimum absolute atomic E-state index is 0.0531. The largest absolute Gasteiger partial charge is 0.507 e. The van der Waals surface area contributed by atoms with Crippen LogP contribution in [0.1, 0.15) is 23.6 Å². The molecule has 0 spiro atoms. The molecule has 0 amide bonds. The smallest absolute Gasteiger partial charge is 0.194 e. The fourth-order valence-corrected chi connectivity index (χ4v) is 3.94. The highest BCUT2D eigenvalue weighted by Crippen LogP contribution is 2.38. The van der Waals surface area contributed by atoms with E-state index >= 15 is 0 Å². The van der Waals surface area contributed by atoms with E-state index in [1.165, 1.54) is 7.11 Å². The van der Waals surface area contributed by atoms with Gasteiger partial charge in [0.15, 0.2) is 16.6 Å². The van der Waals surface area contributed by atoms with Crippen LogP contribution in [0.5, 0.6) is 23.0 Å². The normalized spacial score (nSPS) is 15.2. The molecule has 0 aromatic heterocycles. The molecule has 1 aliphatic rings. The fraction of sp³-hybridized carbons (Fsp3) is 0.167. The average molecular weight is 450 g/mol. The number of aromatic hydroxyl groups is 2. The molecule has 0 bridgehead atoms. The molecule has 0 saturated carbocycles. The van der Waals surface area contributed by atoms with Gasteiger partial charge in [0.2, 0.25) is 0 Å². The van der Waals surface area contributed by atoms with E-state index in [1.54, 1.807) is 36.4 Å². The number of nitrogens with zero attached hydrogens (tertiary/aromatic N) is 2. The SMILES string of the molecule is COc1cc([C@@H]2CC(c3ccccc3O)=NN2C(=S)Nc2ccccc2OC)ccc1O. The molecule has 3 aromatic rings. The molecule has 3 N–H and O–H groups in total. The second-order valence-electron chi connectivity index (χ2n) is 7.19. The highest BCUT2D eigenvalue weighted by molar-refractivity contribution is 7.80. The number of hydrogen-bond donors (Lipinski definition) is 3. The highest BCUT2D eigenvalue weighted by atomic mass is 32.1. The third-order valence-corrected chi connectivity index (χ3v) is 5.56. The molecule has 7 nitrogen and oxygen atoms in total. The summed E-state index contributed by atoms with van der Waals surface area (Å²) in [5.74, 6) is 1.22. The predicted octanol–water partition coefficient (Wildman–Crippen LogP) is 4.66. The molecule has 1 atom stereocenters. The maximum Gasteiger partial charge on any atom is 0.194 e. The molecule has 1 aliphatic heterocycles. The van der Waals surface area contributed by atoms with Gasteiger partial charge in [-0.1, -0.05) is 30.3 Å². The van der Waals surface area contributed by atoms with Crippen LogP contribution in [0.2, 0.25) is 0 Å². The van der Waals surface area contributed by atoms with Crippen molar-refractivity contribution in [3.63, 3.8) is 0 Å². The van der Waals surface area contributed by atoms with Crippen molar-refractivity contribution in [1.82, 2.24) is 5.01 Å². The summed E-state index contributed by atoms with van der Waals surface area (Å²) in [7, 11) is 3.10. The summed E-state index contributed by atoms with van der Waals surface area (Å²) < 4.78 is 10.7. The standard InChI is InChI=1S/C24H23N3O4S/c1-30-22-10-6-4-8-17(22)25-24(32)27-19(15-11-12-21(29)23(13-15)31-2)14-18(26-27)16-7-3-5-9-20(16)28/h3-13,19,28-29H,14H2,1-2H3,(H,25,32)/t19-/m0/s1. The number of hydrogen-bond acceptors (Lipinski definition) is 6. The summed E-state index contributed by atoms with van der Waals surface area (Å²) in [6.45, 7) is 0. The number of hydrazone groups is 1. The van der Waals surface area contributed by atoms with E-state index in [1.807, 2.05) is 42.5 Å². The first-order valence-electron chi connectivity index (χ1n) is 9.97. The second kappa shape index (κ2) is 9.15. The number of phenols is 2. The Morgan fingerprint density at radius 2 is 1.69 bits per heavy atom. The van der Waals surface area contributed by atoms with Gasteiger partial charge in [0.05, 0.1) is 31.7 Å². The Balaban J connectivity index is 1.71. The number of phenolic OH excluding ortho intramolecular Hbond substituents is 2. The van der Waals surface area contributed by atoms with Crippen LogP contribution in [-0.2, 0) is 0 Å². The third-order valence-electron chi connectivity index (χ3n) is 5.27. The lowest BCUT2D eigenvalue weighted by Crippen LogP contribution is -2.31. The van der Waals surface area contributed by atoms with E-state index in [0.717, 1.165) is 5.56 Å². The molecular weight excluding hydrogens is 426 g/mol. The van der Waals surface area contributed by atoms with Crippen molar-refractivity contribution in [3.05, 3.63) is 77.9 Å². The molecule has 3 aromatic carbocycles. The van der Waals surface area contributed by atoms with Crippen molar-refractivity contribution in [3.8, 4) is 23.0 Å². The monoisotopic (exact) mass is 449 g/mol. The Kier molecular flexibility index (Phi) is 6.13. The zero-order valence-corrected chi connectivity index (χ0v) is 18.5. The van der Waals surface area contributed by atoms with Gasteiger partial charge in [-0.3, -0.25) is 0 Å². The van der Waals surface area contributed by atoms with Crippen LogP contribution in [0.4, 0.5) is 5.69 Å². The molecular formula is C24H23N3O4S. The Morgan fingerprint density at radius 3 is 2.44 bits per heavy atom. The number of anilines is 1. The summed E-state index contributed by atoms with van der Waals surface area (Å²) in [5.41, 5.74) is 2.92. The summed E-state index contributed by atoms with van der Waals surface area (Å²) in [6, 6.07) is 19.4. The molecule has 0 radical (unpaired) electrons. The molecule has 32 heavy (non-hydrogen) atoms. The van der Waals surface area contributed by atoms with Crippen molar-refractivity contribution >= 4 is 28.7 Å². The Labute approximate surface area is 191 Å². The average Bonchev–Trinajstić information content (AvgIpc) is 3.25. The first kappa shape index (κ1) is 21.5. The molecule has 8 heteroatoms. The van der Waals surface area contributed by atoms with Crippen LogP contribution in [0.25, 0.3) is 0 Å². The minimum Gasteiger partial charge on any atom is -0.507 e. The molecule has 0 fully saturated rings. The van der Waals surface area contributed by atoms with Crippen LogP contribution in [-0.4, -0.2) is 40.3 Å². The Hall–Kier alpha value is -3.78. The van der Waals surface area contributed by atoms with E-state index in [2.05, 4.69) is 5.32 Å². The van der Waals surface area contributed by atoms with Gasteiger partial charge in [-0.05, 0) is 54.2 Å². The number of para-hydroxylation sites is 3. The van der Waals surface area contributed by atoms with Gasteiger partial charge in [0.1, 0.15) is 11.5 Å². The van der Waals surface area contributed by atoms with E-state index < -0.39 is 0 Å². The zero-order chi connectivity index (χ0) is 22.7. The van der Waals surface area contributed by atoms with Gasteiger partial charge in [0, 0.05) is 12.0 Å². The van der Waals surface area contributed by atoms with Gasteiger partial charge < -0.3 is 25.0 Å². The first-order chi connectivity index (χ1) is 15.5. The second-order valence-corrected chi connectivity index (χ2v) is 7.58. The van der Waals surface area contributed by atoms with Crippen molar-refractivity contribution in [2.45, 2.75) is 12.5 Å². The van der Waals surface area contributed by atoms with Crippen molar-refractivity contribution < 1.29 is 19.7 Å². The summed E-state index contributed by atoms with van der Waals surface area (Å²) in [4.78, 5) is 0. The lowest BCUT2D eigenvalue weighted by molar-refractivity contribution is 0.360. The summed E-state index contributed by atoms with van der Waals surface area (Å²) in [5, 5.41) is 30.4. The minimum atomic E-state index is -0.270. The Morgan fingerprint density at radius 1 is 0.969 bits per heavy atom. The van der Waals surface area contributed by atoms with Crippen LogP contribution in [0.15, 0.2) is 71.8 Å². The first-order valence-corrected chi connectivity index (χ1v) is 10.4. The lowest BCUT2D eigenvalue weighted by atomic mass is 9.97. The maximum absolute atomic E-state index is 10.4. The van der Waals surface area contributed by atoms with E-state index in [9.17, 15) is 10.2 Å². The number of rotatable bonds is 5. The Bertz CT molecular complexity index is 1180. The molecule has 4 rings (SSSR count). The number of benzene rings is 3. The van der Waals surface area contributed by atoms with Crippen LogP contribution < -0.4 is 14.8 Å². The van der Waals surface area contributed by atoms with Gasteiger partial charge >= 0.3 is 0 Å². The number of nitrogens with one attached hydrogen (secondary N) is 1.